The van der Waals surface area contributed by atoms with Crippen LogP contribution in [0.5, 0.6) is 0 Å². The molecule has 0 bridgehead atoms. The quantitative estimate of drug-likeness (QED) is 0.867. The van der Waals surface area contributed by atoms with Gasteiger partial charge in [0.25, 0.3) is 0 Å². The molecule has 0 spiro atoms. The van der Waals surface area contributed by atoms with Crippen LogP contribution in [0.2, 0.25) is 0 Å². The van der Waals surface area contributed by atoms with Crippen LogP contribution < -0.4 is 0 Å². The van der Waals surface area contributed by atoms with Crippen molar-refractivity contribution < 1.29 is 9.90 Å². The summed E-state index contributed by atoms with van der Waals surface area (Å²) in [6, 6.07) is 14.0. The van der Waals surface area contributed by atoms with Crippen LogP contribution in [0.4, 0.5) is 0 Å². The lowest BCUT2D eigenvalue weighted by Crippen LogP contribution is -2.36. The lowest BCUT2D eigenvalue weighted by molar-refractivity contribution is -0.135. The molecule has 3 unspecified atom stereocenters. The molecule has 1 aromatic carbocycles. The molecule has 2 saturated carbocycles. The van der Waals surface area contributed by atoms with E-state index in [1.807, 2.05) is 52.7 Å². The fourth-order valence-electron chi connectivity index (χ4n) is 4.21. The number of aliphatic hydroxyl groups excluding tert-OH is 1. The summed E-state index contributed by atoms with van der Waals surface area (Å²) in [4.78, 5) is 15.9. The molecule has 24 heavy (non-hydrogen) atoms. The van der Waals surface area contributed by atoms with Crippen LogP contribution in [0.25, 0.3) is 0 Å². The molecule has 126 valence electrons. The van der Waals surface area contributed by atoms with Gasteiger partial charge in [-0.15, -0.1) is 11.3 Å². The van der Waals surface area contributed by atoms with Gasteiger partial charge >= 0.3 is 0 Å². The van der Waals surface area contributed by atoms with Gasteiger partial charge in [-0.3, -0.25) is 4.79 Å². The number of nitrogens with zero attached hydrogens (tertiary/aromatic N) is 1. The maximum absolute atomic E-state index is 13.0. The van der Waals surface area contributed by atoms with Crippen molar-refractivity contribution in [2.24, 2.45) is 17.8 Å². The molecule has 2 aromatic rings. The van der Waals surface area contributed by atoms with Crippen molar-refractivity contribution in [1.29, 1.82) is 0 Å². The highest BCUT2D eigenvalue weighted by atomic mass is 32.1. The van der Waals surface area contributed by atoms with E-state index < -0.39 is 6.10 Å². The first-order valence-corrected chi connectivity index (χ1v) is 9.66. The number of carbonyl (C=O) groups excluding carboxylic acids is 1. The Hall–Kier alpha value is -1.65. The minimum absolute atomic E-state index is 0.206. The van der Waals surface area contributed by atoms with Crippen LogP contribution in [0.15, 0.2) is 47.8 Å². The summed E-state index contributed by atoms with van der Waals surface area (Å²) in [5, 5.41) is 12.5. The zero-order valence-electron chi connectivity index (χ0n) is 13.7. The van der Waals surface area contributed by atoms with E-state index in [0.29, 0.717) is 24.9 Å². The lowest BCUT2D eigenvalue weighted by atomic mass is 10.1. The largest absolute Gasteiger partial charge is 0.386 e. The summed E-state index contributed by atoms with van der Waals surface area (Å²) < 4.78 is 0. The van der Waals surface area contributed by atoms with Crippen molar-refractivity contribution in [2.75, 3.05) is 6.54 Å². The summed E-state index contributed by atoms with van der Waals surface area (Å²) in [6.45, 7) is 0.961. The summed E-state index contributed by atoms with van der Waals surface area (Å²) in [5.74, 6) is 1.66. The minimum Gasteiger partial charge on any atom is -0.386 e. The molecule has 1 amide bonds. The number of benzene rings is 1. The molecule has 2 aliphatic carbocycles. The van der Waals surface area contributed by atoms with Gasteiger partial charge in [0.2, 0.25) is 5.91 Å². The fourth-order valence-corrected chi connectivity index (χ4v) is 4.92. The third-order valence-corrected chi connectivity index (χ3v) is 6.46. The number of fused-ring (bicyclic) bond motifs is 1. The second-order valence-corrected chi connectivity index (χ2v) is 8.00. The number of thiophene rings is 1. The maximum atomic E-state index is 13.0. The smallest absolute Gasteiger partial charge is 0.226 e. The van der Waals surface area contributed by atoms with Gasteiger partial charge in [0.05, 0.1) is 6.54 Å². The number of rotatable bonds is 6. The summed E-state index contributed by atoms with van der Waals surface area (Å²) >= 11 is 1.54. The molecule has 4 heteroatoms. The van der Waals surface area contributed by atoms with E-state index in [-0.39, 0.29) is 11.8 Å². The molecule has 3 atom stereocenters. The van der Waals surface area contributed by atoms with E-state index >= 15 is 0 Å². The Morgan fingerprint density at radius 1 is 1.17 bits per heavy atom. The van der Waals surface area contributed by atoms with E-state index in [4.69, 9.17) is 0 Å². The first-order valence-electron chi connectivity index (χ1n) is 8.78. The molecule has 1 N–H and O–H groups in total. The average molecular weight is 341 g/mol. The Labute approximate surface area is 146 Å². The molecular formula is C20H23NO2S. The highest BCUT2D eigenvalue weighted by Gasteiger charge is 2.57. The van der Waals surface area contributed by atoms with Gasteiger partial charge in [-0.05, 0) is 41.7 Å². The average Bonchev–Trinajstić information content (AvgIpc) is 3.04. The Kier molecular flexibility index (Phi) is 4.42. The maximum Gasteiger partial charge on any atom is 0.226 e. The highest BCUT2D eigenvalue weighted by molar-refractivity contribution is 7.10. The van der Waals surface area contributed by atoms with E-state index in [1.165, 1.54) is 19.3 Å². The van der Waals surface area contributed by atoms with Crippen molar-refractivity contribution in [3.8, 4) is 0 Å². The molecular weight excluding hydrogens is 318 g/mol. The molecule has 3 nitrogen and oxygen atoms in total. The van der Waals surface area contributed by atoms with E-state index in [0.717, 1.165) is 10.4 Å². The first-order chi connectivity index (χ1) is 11.7. The van der Waals surface area contributed by atoms with Gasteiger partial charge in [-0.2, -0.15) is 0 Å². The Bertz CT molecular complexity index is 675. The number of aliphatic hydroxyl groups is 1. The zero-order chi connectivity index (χ0) is 16.5. The third kappa shape index (κ3) is 3.13. The number of hydrogen-bond acceptors (Lipinski definition) is 3. The summed E-state index contributed by atoms with van der Waals surface area (Å²) in [6.07, 6.45) is 3.08. The number of hydrogen-bond donors (Lipinski definition) is 1. The minimum atomic E-state index is -0.601. The van der Waals surface area contributed by atoms with Crippen LogP contribution >= 0.6 is 11.3 Å². The molecule has 1 heterocycles. The van der Waals surface area contributed by atoms with Gasteiger partial charge in [-0.25, -0.2) is 0 Å². The van der Waals surface area contributed by atoms with E-state index in [9.17, 15) is 9.90 Å². The Balaban J connectivity index is 1.49. The van der Waals surface area contributed by atoms with Gasteiger partial charge in [0.15, 0.2) is 0 Å². The van der Waals surface area contributed by atoms with Gasteiger partial charge in [-0.1, -0.05) is 42.8 Å². The van der Waals surface area contributed by atoms with E-state index in [2.05, 4.69) is 0 Å². The number of amides is 1. The van der Waals surface area contributed by atoms with Crippen LogP contribution in [0.1, 0.15) is 35.8 Å². The van der Waals surface area contributed by atoms with Crippen LogP contribution in [0, 0.1) is 17.8 Å². The summed E-state index contributed by atoms with van der Waals surface area (Å²) in [5.41, 5.74) is 1.12. The van der Waals surface area contributed by atoms with Crippen LogP contribution in [-0.2, 0) is 11.3 Å². The van der Waals surface area contributed by atoms with Crippen LogP contribution in [0.3, 0.4) is 0 Å². The molecule has 0 aliphatic heterocycles. The monoisotopic (exact) mass is 341 g/mol. The van der Waals surface area contributed by atoms with Crippen molar-refractivity contribution >= 4 is 17.2 Å². The topological polar surface area (TPSA) is 40.5 Å². The second-order valence-electron chi connectivity index (χ2n) is 7.02. The second kappa shape index (κ2) is 6.69. The van der Waals surface area contributed by atoms with Gasteiger partial charge in [0.1, 0.15) is 6.10 Å². The molecule has 4 rings (SSSR count). The Morgan fingerprint density at radius 2 is 1.92 bits per heavy atom. The fraction of sp³-hybridized carbons (Fsp3) is 0.450. The lowest BCUT2D eigenvalue weighted by Gasteiger charge is -2.26. The SMILES string of the molecule is O=C(C1C2CCCC21)N(Cc1ccccc1)CC(O)c1cccs1. The predicted octanol–water partition coefficient (Wildman–Crippen LogP) is 3.86. The Morgan fingerprint density at radius 3 is 2.58 bits per heavy atom. The first kappa shape index (κ1) is 15.9. The summed E-state index contributed by atoms with van der Waals surface area (Å²) in [7, 11) is 0. The zero-order valence-corrected chi connectivity index (χ0v) is 14.5. The predicted molar refractivity (Wildman–Crippen MR) is 95.5 cm³/mol. The van der Waals surface area contributed by atoms with Crippen molar-refractivity contribution in [1.82, 2.24) is 4.90 Å². The van der Waals surface area contributed by atoms with Crippen molar-refractivity contribution in [3.63, 3.8) is 0 Å². The normalized spacial score (nSPS) is 26.0. The number of carbonyl (C=O) groups is 1. The highest BCUT2D eigenvalue weighted by Crippen LogP contribution is 2.58. The van der Waals surface area contributed by atoms with Gasteiger partial charge < -0.3 is 10.0 Å². The van der Waals surface area contributed by atoms with Crippen molar-refractivity contribution in [2.45, 2.75) is 31.9 Å². The van der Waals surface area contributed by atoms with Crippen molar-refractivity contribution in [3.05, 3.63) is 58.3 Å². The molecule has 2 aliphatic rings. The molecule has 2 fully saturated rings. The molecule has 0 radical (unpaired) electrons. The molecule has 1 aromatic heterocycles. The molecule has 0 saturated heterocycles. The third-order valence-electron chi connectivity index (χ3n) is 5.48. The van der Waals surface area contributed by atoms with E-state index in [1.54, 1.807) is 11.3 Å². The standard InChI is InChI=1S/C20H23NO2S/c22-17(18-10-5-11-24-18)13-21(12-14-6-2-1-3-7-14)20(23)19-15-8-4-9-16(15)19/h1-3,5-7,10-11,15-17,19,22H,4,8-9,12-13H2. The van der Waals surface area contributed by atoms with Gasteiger partial charge in [0, 0.05) is 17.3 Å². The van der Waals surface area contributed by atoms with Crippen LogP contribution in [-0.4, -0.2) is 22.5 Å².